The number of rotatable bonds is 0. The minimum Gasteiger partial charge on any atom is -0.508 e. The van der Waals surface area contributed by atoms with Crippen LogP contribution < -0.4 is 14.9 Å². The van der Waals surface area contributed by atoms with Crippen molar-refractivity contribution in [1.29, 1.82) is 0 Å². The molecule has 1 aliphatic carbocycles. The summed E-state index contributed by atoms with van der Waals surface area (Å²) in [5, 5.41) is 32.4. The van der Waals surface area contributed by atoms with Gasteiger partial charge in [-0.25, -0.2) is 0 Å². The monoisotopic (exact) mass is 520 g/mol. The lowest BCUT2D eigenvalue weighted by atomic mass is 9.67. The van der Waals surface area contributed by atoms with E-state index in [0.717, 1.165) is 35.1 Å². The zero-order valence-corrected chi connectivity index (χ0v) is 23.3. The van der Waals surface area contributed by atoms with Crippen LogP contribution in [0.2, 0.25) is 0 Å². The highest BCUT2D eigenvalue weighted by atomic mass is 16.5. The Hall–Kier alpha value is -2.99. The first-order valence-corrected chi connectivity index (χ1v) is 13.6. The summed E-state index contributed by atoms with van der Waals surface area (Å²) >= 11 is 0. The number of allylic oxidation sites excluding steroid dienone is 1. The molecule has 3 aliphatic rings. The third-order valence-electron chi connectivity index (χ3n) is 9.34. The normalized spacial score (nSPS) is 31.8. The van der Waals surface area contributed by atoms with Gasteiger partial charge in [-0.05, 0) is 93.2 Å². The number of aliphatic hydroxyl groups excluding tert-OH is 1. The summed E-state index contributed by atoms with van der Waals surface area (Å²) in [4.78, 5) is 12.5. The third kappa shape index (κ3) is 4.57. The second-order valence-corrected chi connectivity index (χ2v) is 12.9. The van der Waals surface area contributed by atoms with Crippen LogP contribution >= 0.6 is 0 Å². The van der Waals surface area contributed by atoms with Gasteiger partial charge in [-0.15, -0.1) is 0 Å². The number of hydrogen-bond acceptors (Lipinski definition) is 6. The quantitative estimate of drug-likeness (QED) is 0.396. The van der Waals surface area contributed by atoms with Crippen molar-refractivity contribution in [3.8, 4) is 23.0 Å². The predicted molar refractivity (Wildman–Crippen MR) is 147 cm³/mol. The van der Waals surface area contributed by atoms with E-state index >= 15 is 0 Å². The molecule has 0 spiro atoms. The minimum atomic E-state index is -0.948. The van der Waals surface area contributed by atoms with Crippen molar-refractivity contribution in [3.63, 3.8) is 0 Å². The number of benzene rings is 1. The second-order valence-electron chi connectivity index (χ2n) is 12.9. The molecule has 0 aromatic heterocycles. The fourth-order valence-electron chi connectivity index (χ4n) is 6.85. The molecular formula is C32H40O6. The van der Waals surface area contributed by atoms with E-state index < -0.39 is 22.7 Å². The number of phenols is 1. The Balaban J connectivity index is 1.61. The summed E-state index contributed by atoms with van der Waals surface area (Å²) in [5.41, 5.74) is 1.54. The molecule has 0 bridgehead atoms. The summed E-state index contributed by atoms with van der Waals surface area (Å²) in [6, 6.07) is 6.33. The largest absolute Gasteiger partial charge is 0.508 e. The topological polar surface area (TPSA) is 96.2 Å². The lowest BCUT2D eigenvalue weighted by molar-refractivity contribution is -0.117. The lowest BCUT2D eigenvalue weighted by Crippen LogP contribution is -2.57. The van der Waals surface area contributed by atoms with Crippen LogP contribution in [0.15, 0.2) is 41.2 Å². The predicted octanol–water partition coefficient (Wildman–Crippen LogP) is 5.52. The zero-order valence-electron chi connectivity index (χ0n) is 23.3. The summed E-state index contributed by atoms with van der Waals surface area (Å²) in [7, 11) is 0. The van der Waals surface area contributed by atoms with Gasteiger partial charge < -0.3 is 24.8 Å². The Labute approximate surface area is 224 Å². The average molecular weight is 521 g/mol. The van der Waals surface area contributed by atoms with Crippen LogP contribution in [0.25, 0.3) is 0 Å². The first-order valence-electron chi connectivity index (χ1n) is 13.6. The van der Waals surface area contributed by atoms with Gasteiger partial charge in [0.25, 0.3) is 0 Å². The Bertz CT molecular complexity index is 1360. The zero-order chi connectivity index (χ0) is 27.6. The van der Waals surface area contributed by atoms with E-state index in [-0.39, 0.29) is 28.7 Å². The molecular weight excluding hydrogens is 480 g/mol. The van der Waals surface area contributed by atoms with E-state index in [0.29, 0.717) is 30.8 Å². The molecule has 0 unspecified atom stereocenters. The number of aromatic hydroxyl groups is 2. The smallest absolute Gasteiger partial charge is 0.223 e. The number of aliphatic hydroxyl groups is 1. The van der Waals surface area contributed by atoms with Gasteiger partial charge in [-0.3, -0.25) is 4.79 Å². The maximum absolute atomic E-state index is 12.5. The van der Waals surface area contributed by atoms with Gasteiger partial charge in [0.15, 0.2) is 5.75 Å². The summed E-state index contributed by atoms with van der Waals surface area (Å²) in [6.45, 7) is 12.3. The van der Waals surface area contributed by atoms with Gasteiger partial charge in [-0.2, -0.15) is 0 Å². The summed E-state index contributed by atoms with van der Waals surface area (Å²) in [5.74, 6) is 1.00. The van der Waals surface area contributed by atoms with Gasteiger partial charge in [0.05, 0.1) is 6.10 Å². The molecule has 6 nitrogen and oxygen atoms in total. The van der Waals surface area contributed by atoms with Crippen molar-refractivity contribution in [1.82, 2.24) is 0 Å². The molecule has 5 rings (SSSR count). The van der Waals surface area contributed by atoms with E-state index in [1.54, 1.807) is 12.1 Å². The molecule has 2 aliphatic heterocycles. The second kappa shape index (κ2) is 9.04. The summed E-state index contributed by atoms with van der Waals surface area (Å²) < 4.78 is 13.3. The van der Waals surface area contributed by atoms with Crippen molar-refractivity contribution in [3.05, 3.63) is 68.9 Å². The number of ether oxygens (including phenoxy) is 2. The van der Waals surface area contributed by atoms with Crippen molar-refractivity contribution >= 4 is 0 Å². The molecule has 2 aromatic rings. The van der Waals surface area contributed by atoms with Gasteiger partial charge in [-0.1, -0.05) is 26.0 Å². The molecule has 2 heterocycles. The molecule has 0 amide bonds. The van der Waals surface area contributed by atoms with Gasteiger partial charge in [0.1, 0.15) is 28.5 Å². The molecule has 6 heteroatoms. The van der Waals surface area contributed by atoms with Gasteiger partial charge >= 0.3 is 0 Å². The third-order valence-corrected chi connectivity index (χ3v) is 9.34. The van der Waals surface area contributed by atoms with E-state index in [9.17, 15) is 20.1 Å². The Morgan fingerprint density at radius 1 is 0.868 bits per heavy atom. The molecule has 2 aromatic carbocycles. The molecule has 5 atom stereocenters. The minimum absolute atomic E-state index is 0.00527. The van der Waals surface area contributed by atoms with Crippen LogP contribution in [-0.2, 0) is 12.8 Å². The highest BCUT2D eigenvalue weighted by molar-refractivity contribution is 5.48. The van der Waals surface area contributed by atoms with Crippen molar-refractivity contribution in [2.45, 2.75) is 91.0 Å². The van der Waals surface area contributed by atoms with Crippen LogP contribution in [0.1, 0.15) is 69.2 Å². The van der Waals surface area contributed by atoms with E-state index in [2.05, 4.69) is 32.9 Å². The molecule has 38 heavy (non-hydrogen) atoms. The molecule has 0 saturated heterocycles. The van der Waals surface area contributed by atoms with Crippen molar-refractivity contribution in [2.24, 2.45) is 17.3 Å². The Morgan fingerprint density at radius 2 is 1.50 bits per heavy atom. The van der Waals surface area contributed by atoms with Crippen molar-refractivity contribution in [2.75, 3.05) is 0 Å². The number of phenolic OH excluding ortho intramolecular Hbond substituents is 1. The molecule has 0 radical (unpaired) electrons. The number of fused-ring (bicyclic) bond motifs is 4. The maximum atomic E-state index is 12.5. The molecule has 3 N–H and O–H groups in total. The van der Waals surface area contributed by atoms with Crippen LogP contribution in [0.5, 0.6) is 23.0 Å². The number of hydrogen-bond donors (Lipinski definition) is 3. The lowest BCUT2D eigenvalue weighted by Gasteiger charge is -2.49. The molecule has 0 fully saturated rings. The Morgan fingerprint density at radius 3 is 2.21 bits per heavy atom. The highest BCUT2D eigenvalue weighted by Gasteiger charge is 2.51. The fourth-order valence-corrected chi connectivity index (χ4v) is 6.85. The van der Waals surface area contributed by atoms with Crippen LogP contribution in [0.4, 0.5) is 0 Å². The van der Waals surface area contributed by atoms with E-state index in [1.807, 2.05) is 20.8 Å². The standard InChI is InChI=1S/C32H40O6/c1-18-10-22(33)15-27-23(18)12-20-14-29(36)32(6)21(17-30(3,4)8-7-9-31(20,5)37-27)13-24-19(2)11-25(34)26(35)16-28(24)38-32/h7-8,10-11,15-16,20-21,29,33,36H,9,12-14,17H2,1-6H3,(H,34,35)/t20-,21-,29-,31-,32-/m0/s1. The van der Waals surface area contributed by atoms with Crippen LogP contribution in [-0.4, -0.2) is 32.6 Å². The maximum Gasteiger partial charge on any atom is 0.223 e. The fraction of sp³-hybridized carbons (Fsp3) is 0.531. The summed E-state index contributed by atoms with van der Waals surface area (Å²) in [6.07, 6.45) is 6.90. The molecule has 0 saturated carbocycles. The first-order chi connectivity index (χ1) is 17.7. The van der Waals surface area contributed by atoms with Gasteiger partial charge in [0, 0.05) is 30.4 Å². The van der Waals surface area contributed by atoms with E-state index in [4.69, 9.17) is 9.47 Å². The highest BCUT2D eigenvalue weighted by Crippen LogP contribution is 2.50. The Kier molecular flexibility index (Phi) is 6.33. The van der Waals surface area contributed by atoms with Crippen LogP contribution in [0, 0.1) is 31.1 Å². The number of aryl methyl sites for hydroxylation is 2. The average Bonchev–Trinajstić information content (AvgIpc) is 2.90. The first kappa shape index (κ1) is 26.6. The van der Waals surface area contributed by atoms with E-state index in [1.165, 1.54) is 12.1 Å². The molecule has 204 valence electrons. The van der Waals surface area contributed by atoms with Crippen LogP contribution in [0.3, 0.4) is 0 Å². The SMILES string of the molecule is Cc1cc(O)c(=O)cc2c1C[C@H]1CC(C)(C)C=CC[C@]3(C)Oc4cc(O)cc(C)c4C[C@H]3C[C@H](O)[C@@]1(C)O2. The van der Waals surface area contributed by atoms with Crippen molar-refractivity contribution < 1.29 is 24.8 Å². The van der Waals surface area contributed by atoms with Gasteiger partial charge in [0.2, 0.25) is 5.43 Å².